The summed E-state index contributed by atoms with van der Waals surface area (Å²) in [6.07, 6.45) is -1.26. The van der Waals surface area contributed by atoms with E-state index in [0.717, 1.165) is 5.56 Å². The van der Waals surface area contributed by atoms with Gasteiger partial charge in [-0.25, -0.2) is 18.0 Å². The summed E-state index contributed by atoms with van der Waals surface area (Å²) in [5.41, 5.74) is 6.25. The molecular formula is C18H19N3O6S. The van der Waals surface area contributed by atoms with Crippen molar-refractivity contribution in [1.82, 2.24) is 5.32 Å². The molecule has 0 aliphatic heterocycles. The highest BCUT2D eigenvalue weighted by Gasteiger charge is 2.21. The molecule has 1 unspecified atom stereocenters. The summed E-state index contributed by atoms with van der Waals surface area (Å²) in [5.74, 6) is -1.73. The zero-order chi connectivity index (χ0) is 20.9. The highest BCUT2D eigenvalue weighted by atomic mass is 32.2. The third kappa shape index (κ3) is 5.55. The van der Waals surface area contributed by atoms with Gasteiger partial charge in [0, 0.05) is 5.69 Å². The van der Waals surface area contributed by atoms with Crippen LogP contribution in [0, 0.1) is 6.92 Å². The lowest BCUT2D eigenvalue weighted by atomic mass is 10.2. The molecule has 3 amide bonds. The van der Waals surface area contributed by atoms with Crippen molar-refractivity contribution >= 4 is 33.6 Å². The zero-order valence-corrected chi connectivity index (χ0v) is 15.9. The number of sulfonamides is 1. The van der Waals surface area contributed by atoms with Crippen LogP contribution in [-0.2, 0) is 19.6 Å². The molecule has 0 saturated carbocycles. The minimum atomic E-state index is -3.84. The topological polar surface area (TPSA) is 145 Å². The van der Waals surface area contributed by atoms with Crippen LogP contribution in [0.15, 0.2) is 53.4 Å². The molecule has 2 aromatic carbocycles. The van der Waals surface area contributed by atoms with Crippen molar-refractivity contribution in [3.63, 3.8) is 0 Å². The Labute approximate surface area is 161 Å². The minimum absolute atomic E-state index is 0.0352. The molecule has 0 heterocycles. The van der Waals surface area contributed by atoms with Gasteiger partial charge in [0.05, 0.1) is 10.5 Å². The highest BCUT2D eigenvalue weighted by molar-refractivity contribution is 7.92. The third-order valence-corrected chi connectivity index (χ3v) is 5.00. The van der Waals surface area contributed by atoms with Crippen LogP contribution in [0.25, 0.3) is 0 Å². The summed E-state index contributed by atoms with van der Waals surface area (Å²) in [7, 11) is -3.84. The average Bonchev–Trinajstić information content (AvgIpc) is 2.63. The predicted octanol–water partition coefficient (Wildman–Crippen LogP) is 1.54. The van der Waals surface area contributed by atoms with E-state index in [1.54, 1.807) is 29.6 Å². The van der Waals surface area contributed by atoms with E-state index in [1.165, 1.54) is 31.2 Å². The maximum absolute atomic E-state index is 12.4. The largest absolute Gasteiger partial charge is 0.449 e. The van der Waals surface area contributed by atoms with Gasteiger partial charge in [-0.05, 0) is 50.2 Å². The van der Waals surface area contributed by atoms with Gasteiger partial charge in [-0.15, -0.1) is 0 Å². The first-order chi connectivity index (χ1) is 13.1. The molecule has 0 bridgehead atoms. The van der Waals surface area contributed by atoms with Crippen LogP contribution in [-0.4, -0.2) is 32.4 Å². The molecule has 2 aromatic rings. The van der Waals surface area contributed by atoms with Crippen LogP contribution in [0.2, 0.25) is 0 Å². The number of nitrogens with one attached hydrogen (secondary N) is 2. The molecule has 1 atom stereocenters. The average molecular weight is 405 g/mol. The Morgan fingerprint density at radius 1 is 1.00 bits per heavy atom. The number of aryl methyl sites for hydroxylation is 1. The number of ether oxygens (including phenoxy) is 1. The Morgan fingerprint density at radius 3 is 2.11 bits per heavy atom. The number of amides is 3. The van der Waals surface area contributed by atoms with Gasteiger partial charge in [0.15, 0.2) is 6.10 Å². The molecule has 148 valence electrons. The fourth-order valence-corrected chi connectivity index (χ4v) is 3.17. The highest BCUT2D eigenvalue weighted by Crippen LogP contribution is 2.17. The van der Waals surface area contributed by atoms with Crippen molar-refractivity contribution in [1.29, 1.82) is 0 Å². The molecule has 0 saturated heterocycles. The third-order valence-electron chi connectivity index (χ3n) is 3.60. The lowest BCUT2D eigenvalue weighted by Gasteiger charge is -2.12. The van der Waals surface area contributed by atoms with Gasteiger partial charge in [-0.3, -0.25) is 14.8 Å². The SMILES string of the molecule is Cc1ccc(NS(=O)(=O)c2ccc(C(=O)OC(C)C(=O)NC(N)=O)cc2)cc1. The van der Waals surface area contributed by atoms with E-state index >= 15 is 0 Å². The molecule has 9 nitrogen and oxygen atoms in total. The van der Waals surface area contributed by atoms with Gasteiger partial charge in [-0.2, -0.15) is 0 Å². The Morgan fingerprint density at radius 2 is 1.57 bits per heavy atom. The van der Waals surface area contributed by atoms with E-state index in [1.807, 2.05) is 6.92 Å². The summed E-state index contributed by atoms with van der Waals surface area (Å²) in [5, 5.41) is 1.79. The van der Waals surface area contributed by atoms with Crippen LogP contribution < -0.4 is 15.8 Å². The normalized spacial score (nSPS) is 11.9. The van der Waals surface area contributed by atoms with Crippen molar-refractivity contribution < 1.29 is 27.5 Å². The van der Waals surface area contributed by atoms with Gasteiger partial charge < -0.3 is 10.5 Å². The van der Waals surface area contributed by atoms with Crippen LogP contribution >= 0.6 is 0 Å². The first kappa shape index (κ1) is 20.9. The lowest BCUT2D eigenvalue weighted by Crippen LogP contribution is -2.42. The van der Waals surface area contributed by atoms with Gasteiger partial charge in [-0.1, -0.05) is 17.7 Å². The Hall–Kier alpha value is -3.40. The molecule has 4 N–H and O–H groups in total. The van der Waals surface area contributed by atoms with Gasteiger partial charge in [0.2, 0.25) is 0 Å². The number of esters is 1. The van der Waals surface area contributed by atoms with E-state index in [-0.39, 0.29) is 10.5 Å². The second-order valence-corrected chi connectivity index (χ2v) is 7.58. The summed E-state index contributed by atoms with van der Waals surface area (Å²) < 4.78 is 32.2. The summed E-state index contributed by atoms with van der Waals surface area (Å²) in [6.45, 7) is 3.15. The van der Waals surface area contributed by atoms with Crippen molar-refractivity contribution in [3.05, 3.63) is 59.7 Å². The number of carbonyl (C=O) groups is 3. The quantitative estimate of drug-likeness (QED) is 0.622. The number of benzene rings is 2. The fraction of sp³-hybridized carbons (Fsp3) is 0.167. The monoisotopic (exact) mass is 405 g/mol. The number of nitrogens with two attached hydrogens (primary N) is 1. The number of anilines is 1. The summed E-state index contributed by atoms with van der Waals surface area (Å²) in [6, 6.07) is 10.7. The van der Waals surface area contributed by atoms with Crippen molar-refractivity contribution in [3.8, 4) is 0 Å². The maximum Gasteiger partial charge on any atom is 0.338 e. The van der Waals surface area contributed by atoms with Crippen LogP contribution in [0.5, 0.6) is 0 Å². The van der Waals surface area contributed by atoms with E-state index in [2.05, 4.69) is 4.72 Å². The number of primary amides is 1. The summed E-state index contributed by atoms with van der Waals surface area (Å²) >= 11 is 0. The molecule has 28 heavy (non-hydrogen) atoms. The van der Waals surface area contributed by atoms with Crippen molar-refractivity contribution in [2.45, 2.75) is 24.8 Å². The van der Waals surface area contributed by atoms with E-state index in [0.29, 0.717) is 5.69 Å². The molecule has 0 spiro atoms. The van der Waals surface area contributed by atoms with Crippen molar-refractivity contribution in [2.24, 2.45) is 5.73 Å². The molecule has 0 aliphatic carbocycles. The van der Waals surface area contributed by atoms with Gasteiger partial charge in [0.25, 0.3) is 15.9 Å². The number of rotatable bonds is 6. The van der Waals surface area contributed by atoms with Crippen molar-refractivity contribution in [2.75, 3.05) is 4.72 Å². The number of urea groups is 1. The van der Waals surface area contributed by atoms with Crippen LogP contribution in [0.4, 0.5) is 10.5 Å². The summed E-state index contributed by atoms with van der Waals surface area (Å²) in [4.78, 5) is 34.2. The van der Waals surface area contributed by atoms with Gasteiger partial charge >= 0.3 is 12.0 Å². The Kier molecular flexibility index (Phi) is 6.37. The smallest absolute Gasteiger partial charge is 0.338 e. The molecular weight excluding hydrogens is 386 g/mol. The number of imide groups is 1. The number of carbonyl (C=O) groups excluding carboxylic acids is 3. The molecule has 0 aliphatic rings. The van der Waals surface area contributed by atoms with E-state index in [4.69, 9.17) is 10.5 Å². The maximum atomic E-state index is 12.4. The van der Waals surface area contributed by atoms with Crippen LogP contribution in [0.1, 0.15) is 22.8 Å². The minimum Gasteiger partial charge on any atom is -0.449 e. The second kappa shape index (κ2) is 8.53. The molecule has 0 aromatic heterocycles. The molecule has 0 radical (unpaired) electrons. The molecule has 10 heteroatoms. The molecule has 0 fully saturated rings. The molecule has 2 rings (SSSR count). The van der Waals surface area contributed by atoms with Gasteiger partial charge in [0.1, 0.15) is 0 Å². The lowest BCUT2D eigenvalue weighted by molar-refractivity contribution is -0.127. The first-order valence-corrected chi connectivity index (χ1v) is 9.57. The second-order valence-electron chi connectivity index (χ2n) is 5.90. The Balaban J connectivity index is 2.07. The number of hydrogen-bond acceptors (Lipinski definition) is 6. The van der Waals surface area contributed by atoms with E-state index in [9.17, 15) is 22.8 Å². The number of hydrogen-bond donors (Lipinski definition) is 3. The predicted molar refractivity (Wildman–Crippen MR) is 101 cm³/mol. The zero-order valence-electron chi connectivity index (χ0n) is 15.1. The van der Waals surface area contributed by atoms with Crippen LogP contribution in [0.3, 0.4) is 0 Å². The standard InChI is InChI=1S/C18H19N3O6S/c1-11-3-7-14(8-4-11)21-28(25,26)15-9-5-13(6-10-15)17(23)27-12(2)16(22)20-18(19)24/h3-10,12,21H,1-2H3,(H3,19,20,22,24). The van der Waals surface area contributed by atoms with E-state index < -0.39 is 34.0 Å². The Bertz CT molecular complexity index is 985. The fourth-order valence-electron chi connectivity index (χ4n) is 2.11. The first-order valence-electron chi connectivity index (χ1n) is 8.09.